The molecule has 0 aliphatic heterocycles. The smallest absolute Gasteiger partial charge is 0.0963 e. The van der Waals surface area contributed by atoms with Crippen LogP contribution < -0.4 is 0 Å². The minimum atomic E-state index is -0.404. The third-order valence-corrected chi connectivity index (χ3v) is 3.72. The van der Waals surface area contributed by atoms with Gasteiger partial charge in [-0.25, -0.2) is 4.98 Å². The van der Waals surface area contributed by atoms with Gasteiger partial charge in [0.05, 0.1) is 21.3 Å². The van der Waals surface area contributed by atoms with Crippen molar-refractivity contribution in [3.8, 4) is 0 Å². The van der Waals surface area contributed by atoms with Gasteiger partial charge in [-0.2, -0.15) is 0 Å². The molecule has 2 aromatic rings. The average Bonchev–Trinajstić information content (AvgIpc) is 2.59. The summed E-state index contributed by atoms with van der Waals surface area (Å²) in [6, 6.07) is 5.96. The second-order valence-corrected chi connectivity index (χ2v) is 5.17. The van der Waals surface area contributed by atoms with Crippen LogP contribution in [0.25, 0.3) is 10.2 Å². The molecule has 0 spiro atoms. The molecule has 0 aliphatic carbocycles. The molecule has 0 fully saturated rings. The molecule has 1 unspecified atom stereocenters. The van der Waals surface area contributed by atoms with Gasteiger partial charge in [-0.3, -0.25) is 0 Å². The molecule has 3 heteroatoms. The lowest BCUT2D eigenvalue weighted by Gasteiger charge is -2.02. The van der Waals surface area contributed by atoms with Crippen LogP contribution in [0.1, 0.15) is 43.4 Å². The zero-order valence-electron chi connectivity index (χ0n) is 9.19. The topological polar surface area (TPSA) is 33.1 Å². The van der Waals surface area contributed by atoms with Crippen molar-refractivity contribution in [2.45, 2.75) is 32.8 Å². The summed E-state index contributed by atoms with van der Waals surface area (Å²) in [5.74, 6) is 0.470. The lowest BCUT2D eigenvalue weighted by molar-refractivity contribution is 0.199. The molecule has 15 heavy (non-hydrogen) atoms. The summed E-state index contributed by atoms with van der Waals surface area (Å²) in [6.07, 6.45) is -0.404. The molecule has 1 heterocycles. The first-order valence-electron chi connectivity index (χ1n) is 5.16. The lowest BCUT2D eigenvalue weighted by Crippen LogP contribution is -1.89. The maximum Gasteiger partial charge on any atom is 0.0963 e. The first-order valence-corrected chi connectivity index (χ1v) is 5.98. The Labute approximate surface area is 93.6 Å². The van der Waals surface area contributed by atoms with E-state index in [9.17, 15) is 5.11 Å². The second kappa shape index (κ2) is 3.91. The van der Waals surface area contributed by atoms with Gasteiger partial charge in [-0.05, 0) is 24.6 Å². The third kappa shape index (κ3) is 2.03. The number of hydrogen-bond acceptors (Lipinski definition) is 3. The van der Waals surface area contributed by atoms with E-state index in [1.807, 2.05) is 18.2 Å². The number of fused-ring (bicyclic) bond motifs is 1. The first-order chi connectivity index (χ1) is 7.08. The van der Waals surface area contributed by atoms with Crippen LogP contribution in [-0.2, 0) is 0 Å². The Morgan fingerprint density at radius 1 is 1.27 bits per heavy atom. The van der Waals surface area contributed by atoms with Gasteiger partial charge in [0.15, 0.2) is 0 Å². The van der Waals surface area contributed by atoms with Gasteiger partial charge in [0.25, 0.3) is 0 Å². The molecule has 0 saturated heterocycles. The summed E-state index contributed by atoms with van der Waals surface area (Å²) in [5, 5.41) is 10.6. The Morgan fingerprint density at radius 2 is 2.00 bits per heavy atom. The summed E-state index contributed by atoms with van der Waals surface area (Å²) in [4.78, 5) is 4.55. The SMILES string of the molecule is CC(C)c1nc2ccc(C(C)O)cc2s1. The largest absolute Gasteiger partial charge is 0.389 e. The average molecular weight is 221 g/mol. The standard InChI is InChI=1S/C12H15NOS/c1-7(2)12-13-10-5-4-9(8(3)14)6-11(10)15-12/h4-8,14H,1-3H3. The molecule has 0 aliphatic rings. The predicted molar refractivity (Wildman–Crippen MR) is 64.3 cm³/mol. The van der Waals surface area contributed by atoms with E-state index in [-0.39, 0.29) is 0 Å². The molecule has 1 aromatic carbocycles. The third-order valence-electron chi connectivity index (χ3n) is 2.41. The van der Waals surface area contributed by atoms with Crippen LogP contribution in [0.2, 0.25) is 0 Å². The number of hydrogen-bond donors (Lipinski definition) is 1. The van der Waals surface area contributed by atoms with E-state index in [2.05, 4.69) is 18.8 Å². The zero-order valence-corrected chi connectivity index (χ0v) is 10.0. The summed E-state index contributed by atoms with van der Waals surface area (Å²) in [5.41, 5.74) is 1.99. The molecular weight excluding hydrogens is 206 g/mol. The quantitative estimate of drug-likeness (QED) is 0.842. The Kier molecular flexibility index (Phi) is 2.76. The molecule has 0 radical (unpaired) electrons. The van der Waals surface area contributed by atoms with Crippen molar-refractivity contribution < 1.29 is 5.11 Å². The van der Waals surface area contributed by atoms with Gasteiger partial charge in [-0.1, -0.05) is 19.9 Å². The van der Waals surface area contributed by atoms with Gasteiger partial charge in [0, 0.05) is 5.92 Å². The van der Waals surface area contributed by atoms with Crippen molar-refractivity contribution in [1.82, 2.24) is 4.98 Å². The maximum absolute atomic E-state index is 9.48. The zero-order chi connectivity index (χ0) is 11.0. The van der Waals surface area contributed by atoms with Crippen LogP contribution in [0.4, 0.5) is 0 Å². The van der Waals surface area contributed by atoms with Crippen LogP contribution >= 0.6 is 11.3 Å². The van der Waals surface area contributed by atoms with E-state index >= 15 is 0 Å². The van der Waals surface area contributed by atoms with E-state index in [0.717, 1.165) is 20.8 Å². The monoisotopic (exact) mass is 221 g/mol. The highest BCUT2D eigenvalue weighted by atomic mass is 32.1. The Morgan fingerprint density at radius 3 is 2.60 bits per heavy atom. The summed E-state index contributed by atoms with van der Waals surface area (Å²) in [7, 11) is 0. The number of thiazole rings is 1. The van der Waals surface area contributed by atoms with E-state index < -0.39 is 6.10 Å². The summed E-state index contributed by atoms with van der Waals surface area (Å²) in [6.45, 7) is 6.08. The van der Waals surface area contributed by atoms with Crippen LogP contribution in [-0.4, -0.2) is 10.1 Å². The van der Waals surface area contributed by atoms with Crippen molar-refractivity contribution in [2.75, 3.05) is 0 Å². The molecule has 2 rings (SSSR count). The summed E-state index contributed by atoms with van der Waals surface area (Å²) >= 11 is 1.71. The molecule has 0 saturated carbocycles. The summed E-state index contributed by atoms with van der Waals surface area (Å²) < 4.78 is 1.16. The number of aliphatic hydroxyl groups is 1. The fourth-order valence-electron chi connectivity index (χ4n) is 1.47. The molecule has 0 amide bonds. The van der Waals surface area contributed by atoms with Gasteiger partial charge < -0.3 is 5.11 Å². The van der Waals surface area contributed by atoms with Crippen molar-refractivity contribution in [3.63, 3.8) is 0 Å². The highest BCUT2D eigenvalue weighted by molar-refractivity contribution is 7.18. The van der Waals surface area contributed by atoms with E-state index in [1.54, 1.807) is 18.3 Å². The fraction of sp³-hybridized carbons (Fsp3) is 0.417. The molecule has 80 valence electrons. The van der Waals surface area contributed by atoms with E-state index in [4.69, 9.17) is 0 Å². The van der Waals surface area contributed by atoms with Crippen molar-refractivity contribution in [1.29, 1.82) is 0 Å². The van der Waals surface area contributed by atoms with Gasteiger partial charge in [-0.15, -0.1) is 11.3 Å². The number of aromatic nitrogens is 1. The van der Waals surface area contributed by atoms with Gasteiger partial charge in [0.2, 0.25) is 0 Å². The van der Waals surface area contributed by atoms with Crippen LogP contribution in [0.15, 0.2) is 18.2 Å². The predicted octanol–water partition coefficient (Wildman–Crippen LogP) is 3.47. The number of nitrogens with zero attached hydrogens (tertiary/aromatic N) is 1. The Bertz CT molecular complexity index is 467. The molecule has 1 N–H and O–H groups in total. The molecule has 1 aromatic heterocycles. The number of benzene rings is 1. The normalized spacial score (nSPS) is 13.7. The molecule has 1 atom stereocenters. The van der Waals surface area contributed by atoms with E-state index in [1.165, 1.54) is 0 Å². The van der Waals surface area contributed by atoms with E-state index in [0.29, 0.717) is 5.92 Å². The molecule has 0 bridgehead atoms. The van der Waals surface area contributed by atoms with Crippen LogP contribution in [0, 0.1) is 0 Å². The van der Waals surface area contributed by atoms with Gasteiger partial charge in [0.1, 0.15) is 0 Å². The highest BCUT2D eigenvalue weighted by Crippen LogP contribution is 2.29. The highest BCUT2D eigenvalue weighted by Gasteiger charge is 2.09. The fourth-order valence-corrected chi connectivity index (χ4v) is 2.48. The Balaban J connectivity index is 2.52. The van der Waals surface area contributed by atoms with Crippen molar-refractivity contribution in [2.24, 2.45) is 0 Å². The Hall–Kier alpha value is -0.930. The molecule has 2 nitrogen and oxygen atoms in total. The van der Waals surface area contributed by atoms with Gasteiger partial charge >= 0.3 is 0 Å². The maximum atomic E-state index is 9.48. The first kappa shape index (κ1) is 10.6. The minimum Gasteiger partial charge on any atom is -0.389 e. The number of rotatable bonds is 2. The van der Waals surface area contributed by atoms with Crippen LogP contribution in [0.5, 0.6) is 0 Å². The lowest BCUT2D eigenvalue weighted by atomic mass is 10.1. The number of aliphatic hydroxyl groups excluding tert-OH is 1. The van der Waals surface area contributed by atoms with Crippen molar-refractivity contribution in [3.05, 3.63) is 28.8 Å². The molecular formula is C12H15NOS. The van der Waals surface area contributed by atoms with Crippen molar-refractivity contribution >= 4 is 21.6 Å². The second-order valence-electron chi connectivity index (χ2n) is 4.11. The minimum absolute atomic E-state index is 0.404. The van der Waals surface area contributed by atoms with Crippen LogP contribution in [0.3, 0.4) is 0 Å².